The van der Waals surface area contributed by atoms with E-state index in [0.717, 1.165) is 0 Å². The molecule has 0 fully saturated rings. The summed E-state index contributed by atoms with van der Waals surface area (Å²) < 4.78 is 2.25. The highest BCUT2D eigenvalue weighted by atomic mass is 14.8. The molecular formula is C5H8BN. The van der Waals surface area contributed by atoms with Gasteiger partial charge in [0, 0.05) is 0 Å². The van der Waals surface area contributed by atoms with Gasteiger partial charge in [-0.2, -0.15) is 0 Å². The Morgan fingerprint density at radius 3 is 1.86 bits per heavy atom. The highest BCUT2D eigenvalue weighted by Gasteiger charge is 1.72. The summed E-state index contributed by atoms with van der Waals surface area (Å²) in [5.74, 6) is 0. The fraction of sp³-hybridized carbons (Fsp3) is 0. The van der Waals surface area contributed by atoms with Crippen LogP contribution in [0.25, 0.3) is 0 Å². The Morgan fingerprint density at radius 1 is 1.00 bits per heavy atom. The van der Waals surface area contributed by atoms with Crippen molar-refractivity contribution in [2.75, 3.05) is 0 Å². The fourth-order valence-corrected chi connectivity index (χ4v) is 0.313. The van der Waals surface area contributed by atoms with E-state index in [0.29, 0.717) is 7.98 Å². The first-order valence-electron chi connectivity index (χ1n) is 1.85. The van der Waals surface area contributed by atoms with Crippen LogP contribution < -0.4 is 4.48 Å². The van der Waals surface area contributed by atoms with Gasteiger partial charge in [-0.15, -0.1) is 0 Å². The van der Waals surface area contributed by atoms with Gasteiger partial charge in [0.1, 0.15) is 12.4 Å². The summed E-state index contributed by atoms with van der Waals surface area (Å²) in [5.41, 5.74) is 0. The van der Waals surface area contributed by atoms with Gasteiger partial charge in [0.2, 0.25) is 7.98 Å². The van der Waals surface area contributed by atoms with E-state index in [9.17, 15) is 0 Å². The summed E-state index contributed by atoms with van der Waals surface area (Å²) in [7, 11) is 0.363. The van der Waals surface area contributed by atoms with E-state index in [-0.39, 0.29) is 0 Å². The zero-order chi connectivity index (χ0) is 5.11. The molecule has 0 radical (unpaired) electrons. The molecule has 2 heteroatoms. The molecule has 0 saturated heterocycles. The average molecular weight is 92.9 g/mol. The largest absolute Gasteiger partial charge is 0.435 e. The van der Waals surface area contributed by atoms with Crippen LogP contribution in [0.3, 0.4) is 0 Å². The molecule has 1 heterocycles. The van der Waals surface area contributed by atoms with Gasteiger partial charge < -0.3 is 4.48 Å². The lowest BCUT2D eigenvalue weighted by Crippen LogP contribution is -2.28. The van der Waals surface area contributed by atoms with E-state index in [4.69, 9.17) is 0 Å². The maximum atomic E-state index is 2.25. The number of hydrogen-bond donors (Lipinski definition) is 0. The molecule has 1 nitrogen and oxygen atoms in total. The van der Waals surface area contributed by atoms with Crippen molar-refractivity contribution < 1.29 is 4.48 Å². The molecule has 0 atom stereocenters. The first-order chi connectivity index (χ1) is 3.39. The van der Waals surface area contributed by atoms with Crippen LogP contribution in [0.4, 0.5) is 0 Å². The molecule has 0 amide bonds. The molecule has 36 valence electrons. The highest BCUT2D eigenvalue weighted by Crippen LogP contribution is 1.71. The van der Waals surface area contributed by atoms with E-state index in [1.165, 1.54) is 0 Å². The molecule has 0 aliphatic heterocycles. The Hall–Kier alpha value is -0.785. The van der Waals surface area contributed by atoms with Crippen molar-refractivity contribution in [2.24, 2.45) is 0 Å². The van der Waals surface area contributed by atoms with Crippen molar-refractivity contribution in [2.45, 2.75) is 0 Å². The van der Waals surface area contributed by atoms with E-state index in [2.05, 4.69) is 29.0 Å². The second-order valence-electron chi connectivity index (χ2n) is 1.02. The first kappa shape index (κ1) is 4.38. The molecule has 0 N–H and O–H groups in total. The average Bonchev–Trinajstić information content (AvgIpc) is 1.69. The summed E-state index contributed by atoms with van der Waals surface area (Å²) in [6.45, 7) is 0. The molecule has 0 spiro atoms. The maximum absolute atomic E-state index is 2.25. The summed E-state index contributed by atoms with van der Waals surface area (Å²) >= 11 is 0. The van der Waals surface area contributed by atoms with E-state index < -0.39 is 0 Å². The van der Waals surface area contributed by atoms with Crippen LogP contribution in [0.5, 0.6) is 0 Å². The topological polar surface area (TPSA) is 3.88 Å². The second-order valence-corrected chi connectivity index (χ2v) is 1.02. The lowest BCUT2D eigenvalue weighted by Gasteiger charge is -1.87. The number of hydrogen-bond acceptors (Lipinski definition) is 0. The molecule has 0 saturated carbocycles. The zero-order valence-electron chi connectivity index (χ0n) is 3.33. The van der Waals surface area contributed by atoms with Gasteiger partial charge in [-0.1, -0.05) is 6.07 Å². The van der Waals surface area contributed by atoms with Crippen molar-refractivity contribution in [3.63, 3.8) is 0 Å². The quantitative estimate of drug-likeness (QED) is 0.366. The lowest BCUT2D eigenvalue weighted by atomic mass is 10.3. The lowest BCUT2D eigenvalue weighted by molar-refractivity contribution is -0.521. The standard InChI is InChI=1S/C5H8BN/c6-7-4-2-1-3-5-7/h1-5H,6H3. The van der Waals surface area contributed by atoms with Crippen molar-refractivity contribution >= 4 is 7.98 Å². The second kappa shape index (κ2) is 1.78. The van der Waals surface area contributed by atoms with Gasteiger partial charge in [-0.25, -0.2) is 0 Å². The van der Waals surface area contributed by atoms with Gasteiger partial charge in [-0.3, -0.25) is 0 Å². The summed E-state index contributed by atoms with van der Waals surface area (Å²) in [6, 6.07) is 6.16. The van der Waals surface area contributed by atoms with Gasteiger partial charge in [0.25, 0.3) is 0 Å². The van der Waals surface area contributed by atoms with E-state index in [1.807, 2.05) is 6.07 Å². The van der Waals surface area contributed by atoms with Crippen LogP contribution in [0.15, 0.2) is 30.6 Å². The van der Waals surface area contributed by atoms with Crippen molar-refractivity contribution in [1.82, 2.24) is 0 Å². The van der Waals surface area contributed by atoms with E-state index in [1.54, 1.807) is 0 Å². The predicted molar refractivity (Wildman–Crippen MR) is 32.0 cm³/mol. The third-order valence-electron chi connectivity index (χ3n) is 0.566. The van der Waals surface area contributed by atoms with Gasteiger partial charge >= 0.3 is 0 Å². The van der Waals surface area contributed by atoms with Gasteiger partial charge in [0.05, 0.1) is 0 Å². The Bertz CT molecular complexity index is 138. The molecule has 0 aliphatic carbocycles. The monoisotopic (exact) mass is 93.1 g/mol. The minimum absolute atomic E-state index is 0.363. The third-order valence-corrected chi connectivity index (χ3v) is 0.566. The number of aromatic nitrogens is 1. The molecule has 0 unspecified atom stereocenters. The Kier molecular flexibility index (Phi) is 1.11. The van der Waals surface area contributed by atoms with Crippen molar-refractivity contribution in [3.05, 3.63) is 30.6 Å². The molecule has 0 aromatic carbocycles. The zero-order valence-corrected chi connectivity index (χ0v) is 3.33. The normalized spacial score (nSPS) is 8.71. The third kappa shape index (κ3) is 1.04. The maximum Gasteiger partial charge on any atom is 0.239 e. The Labute approximate surface area is 44.0 Å². The van der Waals surface area contributed by atoms with Crippen LogP contribution in [0.2, 0.25) is 0 Å². The Morgan fingerprint density at radius 2 is 1.57 bits per heavy atom. The Balaban J connectivity index is 3.02. The molecule has 0 bridgehead atoms. The minimum Gasteiger partial charge on any atom is -0.435 e. The number of nitrogens with zero attached hydrogens (tertiary/aromatic N) is 1. The van der Waals surface area contributed by atoms with Crippen molar-refractivity contribution in [3.8, 4) is 0 Å². The van der Waals surface area contributed by atoms with Crippen LogP contribution in [-0.4, -0.2) is 7.98 Å². The summed E-state index contributed by atoms with van der Waals surface area (Å²) in [4.78, 5) is 0. The van der Waals surface area contributed by atoms with Crippen LogP contribution >= 0.6 is 0 Å². The van der Waals surface area contributed by atoms with Crippen LogP contribution in [0, 0.1) is 0 Å². The molecule has 1 aromatic heterocycles. The van der Waals surface area contributed by atoms with Crippen LogP contribution in [0.1, 0.15) is 0 Å². The number of pyridine rings is 1. The van der Waals surface area contributed by atoms with E-state index >= 15 is 0 Å². The summed E-state index contributed by atoms with van der Waals surface area (Å²) in [6.07, 6.45) is 4.22. The summed E-state index contributed by atoms with van der Waals surface area (Å²) in [5, 5.41) is 0. The van der Waals surface area contributed by atoms with Crippen molar-refractivity contribution in [1.29, 1.82) is 0 Å². The van der Waals surface area contributed by atoms with Gasteiger partial charge in [0.15, 0.2) is 0 Å². The predicted octanol–water partition coefficient (Wildman–Crippen LogP) is -0.897. The first-order valence-corrected chi connectivity index (χ1v) is 1.85. The smallest absolute Gasteiger partial charge is 0.239 e. The van der Waals surface area contributed by atoms with Crippen LogP contribution in [-0.2, 0) is 0 Å². The molecule has 0 aliphatic rings. The van der Waals surface area contributed by atoms with Gasteiger partial charge in [-0.05, 0) is 12.1 Å². The minimum atomic E-state index is 0.363. The SMILES string of the molecule is [BH3-][n+]1ccccc1. The fourth-order valence-electron chi connectivity index (χ4n) is 0.313. The molecular weight excluding hydrogens is 84.9 g/mol. The molecule has 7 heavy (non-hydrogen) atoms. The molecule has 1 rings (SSSR count). The number of rotatable bonds is 0. The highest BCUT2D eigenvalue weighted by molar-refractivity contribution is 5.94. The molecule has 1 aromatic rings.